The van der Waals surface area contributed by atoms with E-state index in [1.54, 1.807) is 0 Å². The predicted molar refractivity (Wildman–Crippen MR) is 44.6 cm³/mol. The minimum absolute atomic E-state index is 0. The van der Waals surface area contributed by atoms with Crippen LogP contribution < -0.4 is 24.8 Å². The first-order valence-corrected chi connectivity index (χ1v) is 3.80. The van der Waals surface area contributed by atoms with Crippen molar-refractivity contribution in [3.05, 3.63) is 23.3 Å². The Morgan fingerprint density at radius 3 is 1.85 bits per heavy atom. The minimum atomic E-state index is 0. The summed E-state index contributed by atoms with van der Waals surface area (Å²) >= 11 is 0. The number of allylic oxidation sites excluding steroid dienone is 4. The van der Waals surface area contributed by atoms with E-state index in [2.05, 4.69) is 39.8 Å². The molecule has 0 aromatic heterocycles. The Balaban J connectivity index is -0.000000333. The maximum Gasteiger partial charge on any atom is 3.00 e. The maximum absolute atomic E-state index is 3.37. The van der Waals surface area contributed by atoms with Gasteiger partial charge in [-0.2, -0.15) is 6.08 Å². The third-order valence-corrected chi connectivity index (χ3v) is 1.83. The van der Waals surface area contributed by atoms with E-state index in [1.165, 1.54) is 11.1 Å². The molecule has 0 aromatic carbocycles. The molecule has 1 aliphatic rings. The number of halogens is 2. The summed E-state index contributed by atoms with van der Waals surface area (Å²) in [5, 5.41) is 0. The van der Waals surface area contributed by atoms with Crippen molar-refractivity contribution in [1.29, 1.82) is 0 Å². The molecular formula is C10H15Cl2Zr. The Hall–Kier alpha value is 0.943. The Kier molecular flexibility index (Phi) is 10.9. The largest absolute Gasteiger partial charge is 3.00 e. The molecule has 0 N–H and O–H groups in total. The second-order valence-corrected chi connectivity index (χ2v) is 3.89. The molecule has 0 amide bonds. The van der Waals surface area contributed by atoms with E-state index in [9.17, 15) is 0 Å². The van der Waals surface area contributed by atoms with Crippen LogP contribution in [0.4, 0.5) is 0 Å². The van der Waals surface area contributed by atoms with Gasteiger partial charge in [0, 0.05) is 0 Å². The van der Waals surface area contributed by atoms with E-state index < -0.39 is 0 Å². The summed E-state index contributed by atoms with van der Waals surface area (Å²) in [7, 11) is 0. The van der Waals surface area contributed by atoms with Gasteiger partial charge in [0.05, 0.1) is 0 Å². The number of hydrogen-bond acceptors (Lipinski definition) is 0. The molecule has 0 unspecified atom stereocenters. The molecule has 0 heterocycles. The zero-order valence-electron chi connectivity index (χ0n) is 8.54. The van der Waals surface area contributed by atoms with Gasteiger partial charge in [0.2, 0.25) is 0 Å². The standard InChI is InChI=1S/C10H15.2ClH.Zr/c1-8-6-5-7-9(8)10(2,3)4;;;/h6H,5H2,1-4H3;2*1H;/q-1;;;+3/p-2. The average Bonchev–Trinajstić information content (AvgIpc) is 2.11. The van der Waals surface area contributed by atoms with Crippen molar-refractivity contribution < 1.29 is 51.0 Å². The first kappa shape index (κ1) is 19.5. The van der Waals surface area contributed by atoms with Crippen LogP contribution in [0.2, 0.25) is 0 Å². The first-order chi connectivity index (χ1) is 4.52. The van der Waals surface area contributed by atoms with Crippen molar-refractivity contribution in [2.24, 2.45) is 5.41 Å². The summed E-state index contributed by atoms with van der Waals surface area (Å²) in [5.41, 5.74) is 3.09. The SMILES string of the molecule is CC1=CC[C-]=C1C(C)(C)C.[Cl-].[Cl-].[Zr+3]. The summed E-state index contributed by atoms with van der Waals surface area (Å²) < 4.78 is 0. The molecule has 0 aromatic rings. The molecule has 1 radical (unpaired) electrons. The average molecular weight is 297 g/mol. The van der Waals surface area contributed by atoms with Gasteiger partial charge in [0.1, 0.15) is 0 Å². The van der Waals surface area contributed by atoms with Gasteiger partial charge in [-0.05, 0) is 5.41 Å². The smallest absolute Gasteiger partial charge is 1.00 e. The third kappa shape index (κ3) is 5.40. The van der Waals surface area contributed by atoms with Crippen LogP contribution >= 0.6 is 0 Å². The van der Waals surface area contributed by atoms with Crippen molar-refractivity contribution in [3.8, 4) is 0 Å². The van der Waals surface area contributed by atoms with Crippen LogP contribution in [0, 0.1) is 11.5 Å². The Morgan fingerprint density at radius 2 is 1.69 bits per heavy atom. The summed E-state index contributed by atoms with van der Waals surface area (Å²) in [6, 6.07) is 0. The van der Waals surface area contributed by atoms with Gasteiger partial charge in [0.25, 0.3) is 0 Å². The molecule has 0 spiro atoms. The minimum Gasteiger partial charge on any atom is -1.00 e. The third-order valence-electron chi connectivity index (χ3n) is 1.83. The van der Waals surface area contributed by atoms with Crippen LogP contribution in [-0.2, 0) is 26.2 Å². The molecule has 1 rings (SSSR count). The molecule has 1 aliphatic carbocycles. The summed E-state index contributed by atoms with van der Waals surface area (Å²) in [4.78, 5) is 0. The van der Waals surface area contributed by atoms with Crippen molar-refractivity contribution >= 4 is 0 Å². The van der Waals surface area contributed by atoms with Crippen LogP contribution in [0.5, 0.6) is 0 Å². The van der Waals surface area contributed by atoms with Crippen molar-refractivity contribution in [1.82, 2.24) is 0 Å². The summed E-state index contributed by atoms with van der Waals surface area (Å²) in [6.45, 7) is 8.87. The molecule has 0 fully saturated rings. The molecule has 0 aliphatic heterocycles. The fraction of sp³-hybridized carbons (Fsp3) is 0.600. The zero-order valence-corrected chi connectivity index (χ0v) is 12.5. The number of rotatable bonds is 0. The van der Waals surface area contributed by atoms with E-state index in [1.807, 2.05) is 0 Å². The molecule has 0 saturated heterocycles. The molecule has 0 saturated carbocycles. The van der Waals surface area contributed by atoms with Crippen LogP contribution in [0.15, 0.2) is 17.2 Å². The van der Waals surface area contributed by atoms with Crippen LogP contribution in [0.1, 0.15) is 34.1 Å². The number of hydrogen-bond donors (Lipinski definition) is 0. The second kappa shape index (κ2) is 7.26. The monoisotopic (exact) mass is 295 g/mol. The molecule has 3 heteroatoms. The fourth-order valence-electron chi connectivity index (χ4n) is 1.40. The summed E-state index contributed by atoms with van der Waals surface area (Å²) in [6.07, 6.45) is 6.62. The maximum atomic E-state index is 3.37. The summed E-state index contributed by atoms with van der Waals surface area (Å²) in [5.74, 6) is 0. The second-order valence-electron chi connectivity index (χ2n) is 3.89. The fourth-order valence-corrected chi connectivity index (χ4v) is 1.40. The van der Waals surface area contributed by atoms with Gasteiger partial charge in [-0.3, -0.25) is 6.08 Å². The first-order valence-electron chi connectivity index (χ1n) is 3.80. The van der Waals surface area contributed by atoms with E-state index >= 15 is 0 Å². The molecule has 13 heavy (non-hydrogen) atoms. The van der Waals surface area contributed by atoms with Crippen molar-refractivity contribution in [2.45, 2.75) is 34.1 Å². The molecule has 0 atom stereocenters. The normalized spacial score (nSPS) is 14.5. The van der Waals surface area contributed by atoms with Gasteiger partial charge in [-0.1, -0.05) is 20.8 Å². The van der Waals surface area contributed by atoms with E-state index in [0.717, 1.165) is 6.42 Å². The van der Waals surface area contributed by atoms with Crippen LogP contribution in [-0.4, -0.2) is 0 Å². The topological polar surface area (TPSA) is 0 Å². The van der Waals surface area contributed by atoms with Gasteiger partial charge < -0.3 is 24.8 Å². The Morgan fingerprint density at radius 1 is 1.23 bits per heavy atom. The molecular weight excluding hydrogens is 282 g/mol. The van der Waals surface area contributed by atoms with Crippen LogP contribution in [0.3, 0.4) is 0 Å². The zero-order chi connectivity index (χ0) is 7.78. The molecule has 0 bridgehead atoms. The predicted octanol–water partition coefficient (Wildman–Crippen LogP) is -2.88. The molecule has 0 nitrogen and oxygen atoms in total. The van der Waals surface area contributed by atoms with E-state index in [4.69, 9.17) is 0 Å². The van der Waals surface area contributed by atoms with Crippen molar-refractivity contribution in [2.75, 3.05) is 0 Å². The van der Waals surface area contributed by atoms with Crippen LogP contribution in [0.25, 0.3) is 0 Å². The van der Waals surface area contributed by atoms with Crippen molar-refractivity contribution in [3.63, 3.8) is 0 Å². The van der Waals surface area contributed by atoms with Gasteiger partial charge in [-0.25, -0.2) is 11.1 Å². The Bertz CT molecular complexity index is 199. The van der Waals surface area contributed by atoms with E-state index in [0.29, 0.717) is 0 Å². The Labute approximate surface area is 113 Å². The van der Waals surface area contributed by atoms with E-state index in [-0.39, 0.29) is 56.4 Å². The quantitative estimate of drug-likeness (QED) is 0.421. The van der Waals surface area contributed by atoms with Gasteiger partial charge >= 0.3 is 26.2 Å². The molecule has 73 valence electrons. The van der Waals surface area contributed by atoms with Gasteiger partial charge in [0.15, 0.2) is 0 Å². The van der Waals surface area contributed by atoms with Gasteiger partial charge in [-0.15, -0.1) is 13.3 Å².